The summed E-state index contributed by atoms with van der Waals surface area (Å²) >= 11 is 0. The Kier molecular flexibility index (Phi) is 5.35. The van der Waals surface area contributed by atoms with Crippen molar-refractivity contribution in [1.82, 2.24) is 15.1 Å². The summed E-state index contributed by atoms with van der Waals surface area (Å²) in [4.78, 5) is 4.85. The van der Waals surface area contributed by atoms with Crippen LogP contribution >= 0.6 is 0 Å². The molecule has 1 N–H and O–H groups in total. The summed E-state index contributed by atoms with van der Waals surface area (Å²) in [5.74, 6) is 0. The largest absolute Gasteiger partial charge is 0.317 e. The highest BCUT2D eigenvalue weighted by Gasteiger charge is 2.06. The van der Waals surface area contributed by atoms with Gasteiger partial charge in [-0.3, -0.25) is 0 Å². The van der Waals surface area contributed by atoms with Gasteiger partial charge in [0.25, 0.3) is 0 Å². The average molecular weight is 185 g/mol. The molecule has 0 aromatic rings. The van der Waals surface area contributed by atoms with Crippen LogP contribution in [0.5, 0.6) is 0 Å². The number of likely N-dealkylation sites (N-methyl/N-ethyl adjacent to an activating group) is 1. The third kappa shape index (κ3) is 5.24. The number of nitrogens with zero attached hydrogens (tertiary/aromatic N) is 2. The van der Waals surface area contributed by atoms with Gasteiger partial charge < -0.3 is 15.1 Å². The van der Waals surface area contributed by atoms with Crippen LogP contribution in [0.4, 0.5) is 0 Å². The van der Waals surface area contributed by atoms with E-state index in [9.17, 15) is 0 Å². The van der Waals surface area contributed by atoms with Gasteiger partial charge in [0.2, 0.25) is 0 Å². The molecule has 13 heavy (non-hydrogen) atoms. The first-order valence-corrected chi connectivity index (χ1v) is 5.37. The third-order valence-electron chi connectivity index (χ3n) is 2.52. The molecule has 3 heteroatoms. The van der Waals surface area contributed by atoms with Crippen molar-refractivity contribution >= 4 is 0 Å². The van der Waals surface area contributed by atoms with E-state index in [0.29, 0.717) is 0 Å². The first kappa shape index (κ1) is 11.0. The summed E-state index contributed by atoms with van der Waals surface area (Å²) in [6.45, 7) is 7.33. The maximum Gasteiger partial charge on any atom is 0.0109 e. The molecule has 0 unspecified atom stereocenters. The molecule has 1 aliphatic heterocycles. The van der Waals surface area contributed by atoms with Gasteiger partial charge in [-0.25, -0.2) is 0 Å². The SMILES string of the molecule is CN(C)CCN1CCCNCCC1. The molecular weight excluding hydrogens is 162 g/mol. The molecule has 0 radical (unpaired) electrons. The first-order valence-electron chi connectivity index (χ1n) is 5.37. The molecule has 0 atom stereocenters. The van der Waals surface area contributed by atoms with Gasteiger partial charge >= 0.3 is 0 Å². The Morgan fingerprint density at radius 1 is 1.15 bits per heavy atom. The van der Waals surface area contributed by atoms with Crippen LogP contribution in [0, 0.1) is 0 Å². The van der Waals surface area contributed by atoms with Crippen LogP contribution in [-0.4, -0.2) is 63.2 Å². The van der Waals surface area contributed by atoms with E-state index in [1.54, 1.807) is 0 Å². The van der Waals surface area contributed by atoms with Crippen LogP contribution in [0.15, 0.2) is 0 Å². The summed E-state index contributed by atoms with van der Waals surface area (Å²) in [7, 11) is 4.29. The van der Waals surface area contributed by atoms with Gasteiger partial charge in [0.1, 0.15) is 0 Å². The van der Waals surface area contributed by atoms with E-state index >= 15 is 0 Å². The van der Waals surface area contributed by atoms with Gasteiger partial charge in [0.15, 0.2) is 0 Å². The second-order valence-corrected chi connectivity index (χ2v) is 4.10. The topological polar surface area (TPSA) is 18.5 Å². The molecule has 0 saturated carbocycles. The summed E-state index contributed by atoms with van der Waals surface area (Å²) in [5.41, 5.74) is 0. The lowest BCUT2D eigenvalue weighted by Crippen LogP contribution is -2.37. The van der Waals surface area contributed by atoms with Gasteiger partial charge in [-0.2, -0.15) is 0 Å². The standard InChI is InChI=1S/C10H23N3/c1-12(2)9-10-13-7-3-5-11-6-4-8-13/h11H,3-10H2,1-2H3. The zero-order chi connectivity index (χ0) is 9.52. The maximum absolute atomic E-state index is 3.44. The molecule has 78 valence electrons. The smallest absolute Gasteiger partial charge is 0.0109 e. The zero-order valence-corrected chi connectivity index (χ0v) is 9.05. The maximum atomic E-state index is 3.44. The number of hydrogen-bond acceptors (Lipinski definition) is 3. The molecule has 1 aliphatic rings. The second kappa shape index (κ2) is 6.35. The van der Waals surface area contributed by atoms with Crippen molar-refractivity contribution in [3.8, 4) is 0 Å². The third-order valence-corrected chi connectivity index (χ3v) is 2.52. The molecule has 0 bridgehead atoms. The van der Waals surface area contributed by atoms with E-state index in [4.69, 9.17) is 0 Å². The van der Waals surface area contributed by atoms with Crippen molar-refractivity contribution in [3.63, 3.8) is 0 Å². The minimum Gasteiger partial charge on any atom is -0.317 e. The fourth-order valence-electron chi connectivity index (χ4n) is 1.66. The van der Waals surface area contributed by atoms with Crippen LogP contribution in [0.25, 0.3) is 0 Å². The molecule has 1 fully saturated rings. The van der Waals surface area contributed by atoms with Crippen molar-refractivity contribution in [2.75, 3.05) is 53.4 Å². The Bertz CT molecular complexity index is 117. The lowest BCUT2D eigenvalue weighted by atomic mass is 10.2. The van der Waals surface area contributed by atoms with E-state index in [0.717, 1.165) is 0 Å². The molecule has 0 aromatic heterocycles. The fraction of sp³-hybridized carbons (Fsp3) is 1.00. The van der Waals surface area contributed by atoms with Gasteiger partial charge in [0.05, 0.1) is 0 Å². The van der Waals surface area contributed by atoms with E-state index in [-0.39, 0.29) is 0 Å². The highest BCUT2D eigenvalue weighted by molar-refractivity contribution is 4.64. The molecule has 1 saturated heterocycles. The average Bonchev–Trinajstić information content (AvgIpc) is 2.01. The quantitative estimate of drug-likeness (QED) is 0.679. The molecule has 3 nitrogen and oxygen atoms in total. The predicted molar refractivity (Wildman–Crippen MR) is 57.1 cm³/mol. The van der Waals surface area contributed by atoms with E-state index in [2.05, 4.69) is 29.2 Å². The number of nitrogens with one attached hydrogen (secondary N) is 1. The van der Waals surface area contributed by atoms with Gasteiger partial charge in [-0.05, 0) is 53.1 Å². The van der Waals surface area contributed by atoms with Crippen LogP contribution in [0.2, 0.25) is 0 Å². The Hall–Kier alpha value is -0.120. The lowest BCUT2D eigenvalue weighted by molar-refractivity contribution is 0.226. The van der Waals surface area contributed by atoms with Crippen LogP contribution in [0.1, 0.15) is 12.8 Å². The van der Waals surface area contributed by atoms with Crippen molar-refractivity contribution < 1.29 is 0 Å². The molecule has 0 amide bonds. The molecule has 1 rings (SSSR count). The lowest BCUT2D eigenvalue weighted by Gasteiger charge is -2.26. The zero-order valence-electron chi connectivity index (χ0n) is 9.05. The Balaban J connectivity index is 2.14. The second-order valence-electron chi connectivity index (χ2n) is 4.10. The van der Waals surface area contributed by atoms with Gasteiger partial charge in [-0.1, -0.05) is 0 Å². The summed E-state index contributed by atoms with van der Waals surface area (Å²) in [6, 6.07) is 0. The van der Waals surface area contributed by atoms with Crippen molar-refractivity contribution in [3.05, 3.63) is 0 Å². The monoisotopic (exact) mass is 185 g/mol. The Labute approximate surface area is 82.1 Å². The summed E-state index contributed by atoms with van der Waals surface area (Å²) in [6.07, 6.45) is 2.60. The first-order chi connectivity index (χ1) is 6.29. The Morgan fingerprint density at radius 3 is 2.31 bits per heavy atom. The van der Waals surface area contributed by atoms with E-state index in [1.165, 1.54) is 52.1 Å². The summed E-state index contributed by atoms with van der Waals surface area (Å²) in [5, 5.41) is 3.44. The highest BCUT2D eigenvalue weighted by Crippen LogP contribution is 1.97. The molecule has 1 heterocycles. The Morgan fingerprint density at radius 2 is 1.77 bits per heavy atom. The molecule has 0 aromatic carbocycles. The van der Waals surface area contributed by atoms with Gasteiger partial charge in [0, 0.05) is 13.1 Å². The predicted octanol–water partition coefficient (Wildman–Crippen LogP) is 0.233. The van der Waals surface area contributed by atoms with Crippen molar-refractivity contribution in [2.45, 2.75) is 12.8 Å². The van der Waals surface area contributed by atoms with Crippen LogP contribution in [0.3, 0.4) is 0 Å². The minimum atomic E-state index is 1.19. The summed E-state index contributed by atoms with van der Waals surface area (Å²) < 4.78 is 0. The fourth-order valence-corrected chi connectivity index (χ4v) is 1.66. The van der Waals surface area contributed by atoms with Crippen molar-refractivity contribution in [2.24, 2.45) is 0 Å². The van der Waals surface area contributed by atoms with Crippen molar-refractivity contribution in [1.29, 1.82) is 0 Å². The molecule has 0 spiro atoms. The minimum absolute atomic E-state index is 1.19. The number of hydrogen-bond donors (Lipinski definition) is 1. The molecular formula is C10H23N3. The van der Waals surface area contributed by atoms with E-state index in [1.807, 2.05) is 0 Å². The van der Waals surface area contributed by atoms with Crippen LogP contribution < -0.4 is 5.32 Å². The van der Waals surface area contributed by atoms with Gasteiger partial charge in [-0.15, -0.1) is 0 Å². The van der Waals surface area contributed by atoms with Crippen LogP contribution in [-0.2, 0) is 0 Å². The number of rotatable bonds is 3. The normalized spacial score (nSPS) is 21.5. The highest BCUT2D eigenvalue weighted by atomic mass is 15.2. The van der Waals surface area contributed by atoms with E-state index < -0.39 is 0 Å². The molecule has 0 aliphatic carbocycles.